The molecule has 33 heavy (non-hydrogen) atoms. The van der Waals surface area contributed by atoms with Gasteiger partial charge in [0.25, 0.3) is 0 Å². The monoisotopic (exact) mass is 514 g/mol. The lowest BCUT2D eigenvalue weighted by Gasteiger charge is -2.37. The van der Waals surface area contributed by atoms with Crippen LogP contribution >= 0.6 is 10.5 Å². The summed E-state index contributed by atoms with van der Waals surface area (Å²) in [5, 5.41) is 6.57. The second kappa shape index (κ2) is 10.2. The van der Waals surface area contributed by atoms with Crippen molar-refractivity contribution < 1.29 is 26.1 Å². The van der Waals surface area contributed by atoms with Gasteiger partial charge in [-0.1, -0.05) is 71.4 Å². The molecule has 1 heterocycles. The molecule has 0 saturated heterocycles. The van der Waals surface area contributed by atoms with E-state index < -0.39 is 23.7 Å². The molecule has 3 aromatic rings. The second-order valence-corrected chi connectivity index (χ2v) is 17.5. The van der Waals surface area contributed by atoms with Crippen molar-refractivity contribution in [3.63, 3.8) is 0 Å². The topological polar surface area (TPSA) is 57.2 Å². The van der Waals surface area contributed by atoms with Crippen molar-refractivity contribution in [1.29, 1.82) is 0 Å². The van der Waals surface area contributed by atoms with Gasteiger partial charge in [-0.05, 0) is 40.9 Å². The highest BCUT2D eigenvalue weighted by Gasteiger charge is 2.42. The first-order valence-electron chi connectivity index (χ1n) is 10.6. The van der Waals surface area contributed by atoms with Gasteiger partial charge in [0, 0.05) is 10.8 Å². The molecule has 0 atom stereocenters. The van der Waals surface area contributed by atoms with Crippen molar-refractivity contribution >= 4 is 48.8 Å². The van der Waals surface area contributed by atoms with Gasteiger partial charge in [0.1, 0.15) is 0 Å². The normalized spacial score (nSPS) is 12.8. The van der Waals surface area contributed by atoms with Gasteiger partial charge in [-0.15, -0.1) is 0 Å². The SMILES string of the molecule is CC(C)[Si](C#C[s+]1c2ccccc2c2ccccc21)(C(C)C)C(C)C.O=S(=O)([O-])C(F)(F)F. The lowest BCUT2D eigenvalue weighted by molar-refractivity contribution is -0.0517. The molecule has 0 aliphatic heterocycles. The Morgan fingerprint density at radius 2 is 1.15 bits per heavy atom. The number of alkyl halides is 3. The minimum absolute atomic E-state index is 0.0997. The molecular weight excluding hydrogens is 485 g/mol. The fourth-order valence-corrected chi connectivity index (χ4v) is 12.2. The average Bonchev–Trinajstić information content (AvgIpc) is 3.01. The summed E-state index contributed by atoms with van der Waals surface area (Å²) >= 11 is 0. The lowest BCUT2D eigenvalue weighted by Crippen LogP contribution is -2.43. The molecule has 9 heteroatoms. The maximum atomic E-state index is 10.7. The molecule has 0 fully saturated rings. The zero-order valence-electron chi connectivity index (χ0n) is 19.5. The largest absolute Gasteiger partial charge is 0.741 e. The minimum Gasteiger partial charge on any atom is -0.741 e. The summed E-state index contributed by atoms with van der Waals surface area (Å²) in [4.78, 5) is 0. The molecule has 1 aromatic heterocycles. The van der Waals surface area contributed by atoms with E-state index in [2.05, 4.69) is 101 Å². The predicted octanol–water partition coefficient (Wildman–Crippen LogP) is 7.82. The molecule has 180 valence electrons. The highest BCUT2D eigenvalue weighted by Crippen LogP contribution is 2.44. The maximum absolute atomic E-state index is 10.7. The van der Waals surface area contributed by atoms with Gasteiger partial charge in [-0.25, -0.2) is 8.42 Å². The van der Waals surface area contributed by atoms with Gasteiger partial charge in [0.2, 0.25) is 0 Å². The smallest absolute Gasteiger partial charge is 0.485 e. The number of benzene rings is 2. The highest BCUT2D eigenvalue weighted by molar-refractivity contribution is 7.86. The summed E-state index contributed by atoms with van der Waals surface area (Å²) < 4.78 is 61.7. The third kappa shape index (κ3) is 5.62. The zero-order valence-corrected chi connectivity index (χ0v) is 22.2. The van der Waals surface area contributed by atoms with Crippen LogP contribution in [-0.2, 0) is 10.1 Å². The first-order valence-corrected chi connectivity index (χ1v) is 15.5. The van der Waals surface area contributed by atoms with Crippen LogP contribution < -0.4 is 0 Å². The third-order valence-electron chi connectivity index (χ3n) is 6.02. The van der Waals surface area contributed by atoms with Crippen LogP contribution in [-0.4, -0.2) is 26.6 Å². The molecule has 0 radical (unpaired) electrons. The van der Waals surface area contributed by atoms with E-state index >= 15 is 0 Å². The van der Waals surface area contributed by atoms with Crippen LogP contribution in [0.3, 0.4) is 0 Å². The van der Waals surface area contributed by atoms with Gasteiger partial charge in [-0.2, -0.15) is 13.2 Å². The molecule has 0 aliphatic rings. The average molecular weight is 515 g/mol. The number of fused-ring (bicyclic) bond motifs is 3. The zero-order chi connectivity index (χ0) is 25.2. The van der Waals surface area contributed by atoms with E-state index in [1.807, 2.05) is 0 Å². The van der Waals surface area contributed by atoms with Crippen molar-refractivity contribution in [3.8, 4) is 10.8 Å². The number of hydrogen-bond acceptors (Lipinski definition) is 3. The fraction of sp³-hybridized carbons (Fsp3) is 0.417. The number of rotatable bonds is 3. The van der Waals surface area contributed by atoms with E-state index in [0.717, 1.165) is 0 Å². The summed E-state index contributed by atoms with van der Waals surface area (Å²) in [5.41, 5.74) is 0.343. The van der Waals surface area contributed by atoms with E-state index in [1.54, 1.807) is 0 Å². The van der Waals surface area contributed by atoms with Crippen molar-refractivity contribution in [1.82, 2.24) is 0 Å². The number of thiophene rings is 1. The molecule has 0 bridgehead atoms. The molecule has 0 N–H and O–H groups in total. The Labute approximate surface area is 197 Å². The first-order chi connectivity index (χ1) is 15.1. The van der Waals surface area contributed by atoms with Crippen LogP contribution in [0.1, 0.15) is 41.5 Å². The van der Waals surface area contributed by atoms with Crippen LogP contribution in [0.15, 0.2) is 48.5 Å². The van der Waals surface area contributed by atoms with E-state index in [4.69, 9.17) is 13.0 Å². The van der Waals surface area contributed by atoms with Crippen molar-refractivity contribution in [2.45, 2.75) is 63.7 Å². The van der Waals surface area contributed by atoms with Crippen molar-refractivity contribution in [3.05, 3.63) is 48.5 Å². The van der Waals surface area contributed by atoms with E-state index in [-0.39, 0.29) is 10.5 Å². The summed E-state index contributed by atoms with van der Waals surface area (Å²) in [6.07, 6.45) is 0. The van der Waals surface area contributed by atoms with Crippen LogP contribution in [0.4, 0.5) is 13.2 Å². The second-order valence-electron chi connectivity index (χ2n) is 8.82. The predicted molar refractivity (Wildman–Crippen MR) is 134 cm³/mol. The first kappa shape index (κ1) is 27.4. The Morgan fingerprint density at radius 3 is 1.45 bits per heavy atom. The van der Waals surface area contributed by atoms with Crippen molar-refractivity contribution in [2.75, 3.05) is 0 Å². The molecule has 0 amide bonds. The van der Waals surface area contributed by atoms with Crippen LogP contribution in [0, 0.1) is 10.8 Å². The summed E-state index contributed by atoms with van der Waals surface area (Å²) in [6, 6.07) is 17.7. The number of halogens is 3. The lowest BCUT2D eigenvalue weighted by atomic mass is 10.2. The molecule has 3 rings (SSSR count). The maximum Gasteiger partial charge on any atom is 0.485 e. The Hall–Kier alpha value is -1.86. The van der Waals surface area contributed by atoms with Gasteiger partial charge in [-0.3, -0.25) is 0 Å². The molecule has 0 spiro atoms. The minimum atomic E-state index is -6.09. The number of hydrogen-bond donors (Lipinski definition) is 0. The quantitative estimate of drug-likeness (QED) is 0.118. The summed E-state index contributed by atoms with van der Waals surface area (Å²) in [5.74, 6) is 0. The molecule has 0 saturated carbocycles. The Kier molecular flexibility index (Phi) is 8.45. The Balaban J connectivity index is 0.000000414. The summed E-state index contributed by atoms with van der Waals surface area (Å²) in [7, 11) is -7.88. The van der Waals surface area contributed by atoms with Crippen LogP contribution in [0.2, 0.25) is 16.6 Å². The highest BCUT2D eigenvalue weighted by atomic mass is 32.2. The molecule has 0 unspecified atom stereocenters. The molecule has 3 nitrogen and oxygen atoms in total. The Bertz CT molecular complexity index is 1210. The van der Waals surface area contributed by atoms with E-state index in [9.17, 15) is 13.2 Å². The van der Waals surface area contributed by atoms with Gasteiger partial charge in [0.15, 0.2) is 32.8 Å². The molecule has 0 aliphatic carbocycles. The third-order valence-corrected chi connectivity index (χ3v) is 15.0. The van der Waals surface area contributed by atoms with Gasteiger partial charge < -0.3 is 4.55 Å². The van der Waals surface area contributed by atoms with E-state index in [0.29, 0.717) is 16.6 Å². The summed E-state index contributed by atoms with van der Waals surface area (Å²) in [6.45, 7) is 14.3. The standard InChI is InChI=1S/C23H29SSi.CHF3O3S/c1-17(2)25(18(3)4,19(5)6)16-15-24-22-13-9-7-11-20(22)21-12-8-10-14-23(21)24;2-1(3,4)8(5,6)7/h7-14,17-19H,1-6H3;(H,5,6,7)/q+1;/p-1. The van der Waals surface area contributed by atoms with Crippen LogP contribution in [0.25, 0.3) is 20.2 Å². The van der Waals surface area contributed by atoms with Gasteiger partial charge >= 0.3 is 5.51 Å². The van der Waals surface area contributed by atoms with Gasteiger partial charge in [0.05, 0.1) is 10.5 Å². The van der Waals surface area contributed by atoms with Crippen molar-refractivity contribution in [2.24, 2.45) is 0 Å². The fourth-order valence-electron chi connectivity index (χ4n) is 4.54. The molecule has 2 aromatic carbocycles. The van der Waals surface area contributed by atoms with Crippen LogP contribution in [0.5, 0.6) is 0 Å². The molecular formula is C24H29F3O3S2Si. The van der Waals surface area contributed by atoms with E-state index in [1.165, 1.54) is 20.2 Å². The Morgan fingerprint density at radius 1 is 0.818 bits per heavy atom.